The Morgan fingerprint density at radius 2 is 2.15 bits per heavy atom. The molecule has 1 saturated carbocycles. The smallest absolute Gasteiger partial charge is 0.311 e. The fourth-order valence-corrected chi connectivity index (χ4v) is 2.54. The van der Waals surface area contributed by atoms with E-state index in [0.717, 1.165) is 31.2 Å². The van der Waals surface area contributed by atoms with Gasteiger partial charge in [-0.3, -0.25) is 10.1 Å². The van der Waals surface area contributed by atoms with Crippen LogP contribution in [-0.4, -0.2) is 24.2 Å². The molecular formula is C14H20N2O4. The minimum absolute atomic E-state index is 0.0208. The summed E-state index contributed by atoms with van der Waals surface area (Å²) >= 11 is 0. The third kappa shape index (κ3) is 3.46. The van der Waals surface area contributed by atoms with Gasteiger partial charge in [0.1, 0.15) is 6.10 Å². The van der Waals surface area contributed by atoms with E-state index in [4.69, 9.17) is 15.2 Å². The second-order valence-electron chi connectivity index (χ2n) is 5.03. The number of rotatable bonds is 5. The van der Waals surface area contributed by atoms with Crippen LogP contribution >= 0.6 is 0 Å². The average molecular weight is 280 g/mol. The highest BCUT2D eigenvalue weighted by Crippen LogP contribution is 2.32. The van der Waals surface area contributed by atoms with Crippen LogP contribution in [0.25, 0.3) is 0 Å². The summed E-state index contributed by atoms with van der Waals surface area (Å²) in [6.07, 6.45) is 3.84. The molecule has 6 nitrogen and oxygen atoms in total. The van der Waals surface area contributed by atoms with Crippen molar-refractivity contribution in [3.8, 4) is 5.75 Å². The molecule has 1 aromatic carbocycles. The van der Waals surface area contributed by atoms with Crippen LogP contribution in [0, 0.1) is 10.1 Å². The second-order valence-corrected chi connectivity index (χ2v) is 5.03. The third-order valence-electron chi connectivity index (χ3n) is 3.66. The van der Waals surface area contributed by atoms with E-state index in [1.807, 2.05) is 0 Å². The van der Waals surface area contributed by atoms with Crippen LogP contribution in [0.2, 0.25) is 0 Å². The van der Waals surface area contributed by atoms with Gasteiger partial charge in [-0.25, -0.2) is 0 Å². The first kappa shape index (κ1) is 14.7. The number of nitro groups is 1. The summed E-state index contributed by atoms with van der Waals surface area (Å²) in [4.78, 5) is 10.7. The number of hydrogen-bond acceptors (Lipinski definition) is 5. The molecule has 0 heterocycles. The van der Waals surface area contributed by atoms with Crippen LogP contribution in [-0.2, 0) is 11.3 Å². The molecule has 2 unspecified atom stereocenters. The van der Waals surface area contributed by atoms with Crippen molar-refractivity contribution in [2.75, 3.05) is 7.11 Å². The summed E-state index contributed by atoms with van der Waals surface area (Å²) in [5.74, 6) is 0.314. The minimum atomic E-state index is -0.425. The molecule has 1 aromatic rings. The largest absolute Gasteiger partial charge is 0.483 e. The molecule has 1 aliphatic carbocycles. The lowest BCUT2D eigenvalue weighted by Gasteiger charge is -2.28. The van der Waals surface area contributed by atoms with Crippen LogP contribution in [0.15, 0.2) is 18.2 Å². The van der Waals surface area contributed by atoms with E-state index in [1.54, 1.807) is 19.2 Å². The molecule has 0 amide bonds. The van der Waals surface area contributed by atoms with E-state index in [1.165, 1.54) is 6.07 Å². The fourth-order valence-electron chi connectivity index (χ4n) is 2.54. The van der Waals surface area contributed by atoms with Crippen molar-refractivity contribution >= 4 is 5.69 Å². The molecule has 0 bridgehead atoms. The zero-order chi connectivity index (χ0) is 14.5. The van der Waals surface area contributed by atoms with E-state index in [9.17, 15) is 10.1 Å². The van der Waals surface area contributed by atoms with Gasteiger partial charge in [-0.2, -0.15) is 0 Å². The van der Waals surface area contributed by atoms with Crippen LogP contribution in [0.4, 0.5) is 5.69 Å². The Bertz CT molecular complexity index is 478. The molecule has 2 N–H and O–H groups in total. The standard InChI is InChI=1S/C14H20N2O4/c1-19-11-3-2-4-12(8-11)20-14-6-5-10(9-15)7-13(14)16(17)18/h5-7,11-12H,2-4,8-9,15H2,1H3. The van der Waals surface area contributed by atoms with Crippen molar-refractivity contribution in [3.63, 3.8) is 0 Å². The van der Waals surface area contributed by atoms with Gasteiger partial charge in [0.15, 0.2) is 5.75 Å². The van der Waals surface area contributed by atoms with E-state index in [0.29, 0.717) is 5.75 Å². The normalized spacial score (nSPS) is 22.5. The van der Waals surface area contributed by atoms with Crippen LogP contribution in [0.3, 0.4) is 0 Å². The molecule has 2 rings (SSSR count). The predicted molar refractivity (Wildman–Crippen MR) is 74.7 cm³/mol. The first-order chi connectivity index (χ1) is 9.63. The zero-order valence-corrected chi connectivity index (χ0v) is 11.6. The molecular weight excluding hydrogens is 260 g/mol. The summed E-state index contributed by atoms with van der Waals surface area (Å²) in [6.45, 7) is 0.274. The quantitative estimate of drug-likeness (QED) is 0.661. The van der Waals surface area contributed by atoms with Crippen molar-refractivity contribution in [1.82, 2.24) is 0 Å². The van der Waals surface area contributed by atoms with E-state index in [-0.39, 0.29) is 24.4 Å². The van der Waals surface area contributed by atoms with E-state index < -0.39 is 4.92 Å². The lowest BCUT2D eigenvalue weighted by molar-refractivity contribution is -0.386. The monoisotopic (exact) mass is 280 g/mol. The maximum atomic E-state index is 11.1. The molecule has 0 aromatic heterocycles. The van der Waals surface area contributed by atoms with Crippen molar-refractivity contribution < 1.29 is 14.4 Å². The third-order valence-corrected chi connectivity index (χ3v) is 3.66. The van der Waals surface area contributed by atoms with Crippen molar-refractivity contribution in [1.29, 1.82) is 0 Å². The van der Waals surface area contributed by atoms with Gasteiger partial charge in [0, 0.05) is 26.1 Å². The lowest BCUT2D eigenvalue weighted by atomic mass is 9.95. The molecule has 0 radical (unpaired) electrons. The topological polar surface area (TPSA) is 87.6 Å². The van der Waals surface area contributed by atoms with Crippen molar-refractivity contribution in [2.45, 2.75) is 44.4 Å². The number of methoxy groups -OCH3 is 1. The Morgan fingerprint density at radius 3 is 2.80 bits per heavy atom. The fraction of sp³-hybridized carbons (Fsp3) is 0.571. The highest BCUT2D eigenvalue weighted by Gasteiger charge is 2.25. The summed E-state index contributed by atoms with van der Waals surface area (Å²) < 4.78 is 11.2. The van der Waals surface area contributed by atoms with Gasteiger partial charge in [0.05, 0.1) is 11.0 Å². The Kier molecular flexibility index (Phi) is 4.92. The zero-order valence-electron chi connectivity index (χ0n) is 11.6. The van der Waals surface area contributed by atoms with Crippen LogP contribution < -0.4 is 10.5 Å². The Labute approximate surface area is 118 Å². The molecule has 0 spiro atoms. The summed E-state index contributed by atoms with van der Waals surface area (Å²) in [5, 5.41) is 11.1. The number of nitro benzene ring substituents is 1. The number of benzene rings is 1. The average Bonchev–Trinajstić information content (AvgIpc) is 2.47. The van der Waals surface area contributed by atoms with Gasteiger partial charge in [0.25, 0.3) is 0 Å². The number of ether oxygens (including phenoxy) is 2. The molecule has 1 aliphatic rings. The Hall–Kier alpha value is -1.66. The molecule has 2 atom stereocenters. The van der Waals surface area contributed by atoms with Gasteiger partial charge < -0.3 is 15.2 Å². The molecule has 110 valence electrons. The van der Waals surface area contributed by atoms with Gasteiger partial charge in [-0.15, -0.1) is 0 Å². The number of nitrogens with zero attached hydrogens (tertiary/aromatic N) is 1. The molecule has 1 fully saturated rings. The number of nitrogens with two attached hydrogens (primary N) is 1. The highest BCUT2D eigenvalue weighted by molar-refractivity contribution is 5.48. The SMILES string of the molecule is COC1CCCC(Oc2ccc(CN)cc2[N+](=O)[O-])C1. The van der Waals surface area contributed by atoms with Crippen molar-refractivity contribution in [3.05, 3.63) is 33.9 Å². The summed E-state index contributed by atoms with van der Waals surface area (Å²) in [7, 11) is 1.69. The second kappa shape index (κ2) is 6.67. The maximum absolute atomic E-state index is 11.1. The molecule has 20 heavy (non-hydrogen) atoms. The van der Waals surface area contributed by atoms with Gasteiger partial charge in [-0.05, 0) is 30.9 Å². The Balaban J connectivity index is 2.14. The molecule has 0 saturated heterocycles. The minimum Gasteiger partial charge on any atom is -0.483 e. The first-order valence-corrected chi connectivity index (χ1v) is 6.81. The number of hydrogen-bond donors (Lipinski definition) is 1. The summed E-state index contributed by atoms with van der Waals surface area (Å²) in [5.41, 5.74) is 6.21. The van der Waals surface area contributed by atoms with Gasteiger partial charge >= 0.3 is 5.69 Å². The highest BCUT2D eigenvalue weighted by atomic mass is 16.6. The first-order valence-electron chi connectivity index (χ1n) is 6.81. The molecule has 0 aliphatic heterocycles. The van der Waals surface area contributed by atoms with E-state index >= 15 is 0 Å². The van der Waals surface area contributed by atoms with E-state index in [2.05, 4.69) is 0 Å². The predicted octanol–water partition coefficient (Wildman–Crippen LogP) is 2.39. The van der Waals surface area contributed by atoms with Crippen LogP contribution in [0.1, 0.15) is 31.2 Å². The maximum Gasteiger partial charge on any atom is 0.311 e. The lowest BCUT2D eigenvalue weighted by Crippen LogP contribution is -2.29. The molecule has 6 heteroatoms. The van der Waals surface area contributed by atoms with Gasteiger partial charge in [-0.1, -0.05) is 6.07 Å². The summed E-state index contributed by atoms with van der Waals surface area (Å²) in [6, 6.07) is 4.88. The van der Waals surface area contributed by atoms with Gasteiger partial charge in [0.2, 0.25) is 0 Å². The van der Waals surface area contributed by atoms with Crippen LogP contribution in [0.5, 0.6) is 5.75 Å². The van der Waals surface area contributed by atoms with Crippen molar-refractivity contribution in [2.24, 2.45) is 5.73 Å². The Morgan fingerprint density at radius 1 is 1.40 bits per heavy atom.